The topological polar surface area (TPSA) is 66.8 Å². The average molecular weight is 258 g/mol. The highest BCUT2D eigenvalue weighted by Crippen LogP contribution is 2.15. The molecule has 0 spiro atoms. The Kier molecular flexibility index (Phi) is 4.78. The number of rotatable bonds is 4. The molecule has 0 bridgehead atoms. The van der Waals surface area contributed by atoms with Crippen molar-refractivity contribution in [2.45, 2.75) is 6.61 Å². The van der Waals surface area contributed by atoms with E-state index in [-0.39, 0.29) is 6.61 Å². The zero-order valence-corrected chi connectivity index (χ0v) is 9.98. The van der Waals surface area contributed by atoms with Gasteiger partial charge in [-0.3, -0.25) is 4.79 Å². The van der Waals surface area contributed by atoms with Crippen LogP contribution in [0.1, 0.15) is 5.56 Å². The standard InChI is InChI=1S/C11H12ClNO4/c1-13(6-10(14)15)11(16)17-7-8-4-2-3-5-9(8)12/h2-5H,6-7H2,1H3,(H,14,15). The molecule has 0 aliphatic heterocycles. The molecular weight excluding hydrogens is 246 g/mol. The molecule has 0 saturated carbocycles. The van der Waals surface area contributed by atoms with Crippen LogP contribution in [-0.2, 0) is 16.1 Å². The Morgan fingerprint density at radius 2 is 2.06 bits per heavy atom. The SMILES string of the molecule is CN(CC(=O)O)C(=O)OCc1ccccc1Cl. The Morgan fingerprint density at radius 3 is 2.65 bits per heavy atom. The highest BCUT2D eigenvalue weighted by Gasteiger charge is 2.13. The summed E-state index contributed by atoms with van der Waals surface area (Å²) in [5, 5.41) is 8.99. The van der Waals surface area contributed by atoms with Gasteiger partial charge in [0.05, 0.1) is 0 Å². The van der Waals surface area contributed by atoms with Crippen LogP contribution in [0.4, 0.5) is 4.79 Å². The van der Waals surface area contributed by atoms with Gasteiger partial charge in [0.2, 0.25) is 0 Å². The molecule has 0 atom stereocenters. The molecule has 0 aliphatic rings. The highest BCUT2D eigenvalue weighted by molar-refractivity contribution is 6.31. The number of carbonyl (C=O) groups is 2. The van der Waals surface area contributed by atoms with Gasteiger partial charge in [-0.25, -0.2) is 4.79 Å². The lowest BCUT2D eigenvalue weighted by molar-refractivity contribution is -0.137. The Labute approximate surface area is 104 Å². The summed E-state index contributed by atoms with van der Waals surface area (Å²) in [5.41, 5.74) is 0.672. The first-order valence-corrected chi connectivity index (χ1v) is 5.21. The van der Waals surface area contributed by atoms with Crippen LogP contribution < -0.4 is 0 Å². The molecule has 1 rings (SSSR count). The number of hydrogen-bond donors (Lipinski definition) is 1. The maximum atomic E-state index is 11.4. The average Bonchev–Trinajstić information content (AvgIpc) is 2.26. The van der Waals surface area contributed by atoms with Gasteiger partial charge in [0.25, 0.3) is 0 Å². The fourth-order valence-corrected chi connectivity index (χ4v) is 1.32. The van der Waals surface area contributed by atoms with Crippen LogP contribution in [0.5, 0.6) is 0 Å². The molecule has 5 nitrogen and oxygen atoms in total. The second-order valence-electron chi connectivity index (χ2n) is 3.40. The number of carbonyl (C=O) groups excluding carboxylic acids is 1. The van der Waals surface area contributed by atoms with Gasteiger partial charge < -0.3 is 14.7 Å². The lowest BCUT2D eigenvalue weighted by atomic mass is 10.2. The molecule has 1 N–H and O–H groups in total. The van der Waals surface area contributed by atoms with E-state index < -0.39 is 18.6 Å². The van der Waals surface area contributed by atoms with Crippen molar-refractivity contribution in [3.63, 3.8) is 0 Å². The van der Waals surface area contributed by atoms with Crippen LogP contribution in [0.15, 0.2) is 24.3 Å². The Hall–Kier alpha value is -1.75. The molecule has 0 aromatic heterocycles. The van der Waals surface area contributed by atoms with E-state index in [1.165, 1.54) is 7.05 Å². The van der Waals surface area contributed by atoms with E-state index >= 15 is 0 Å². The lowest BCUT2D eigenvalue weighted by Gasteiger charge is -2.14. The van der Waals surface area contributed by atoms with Crippen molar-refractivity contribution in [1.82, 2.24) is 4.90 Å². The van der Waals surface area contributed by atoms with E-state index in [1.54, 1.807) is 24.3 Å². The fraction of sp³-hybridized carbons (Fsp3) is 0.273. The zero-order chi connectivity index (χ0) is 12.8. The van der Waals surface area contributed by atoms with Crippen molar-refractivity contribution < 1.29 is 19.4 Å². The van der Waals surface area contributed by atoms with E-state index in [0.29, 0.717) is 10.6 Å². The van der Waals surface area contributed by atoms with Gasteiger partial charge in [-0.1, -0.05) is 29.8 Å². The lowest BCUT2D eigenvalue weighted by Crippen LogP contribution is -2.32. The summed E-state index contributed by atoms with van der Waals surface area (Å²) in [5.74, 6) is -1.10. The third kappa shape index (κ3) is 4.32. The van der Waals surface area contributed by atoms with Gasteiger partial charge in [-0.05, 0) is 6.07 Å². The number of ether oxygens (including phenoxy) is 1. The molecule has 92 valence electrons. The minimum absolute atomic E-state index is 0.0163. The Balaban J connectivity index is 2.48. The van der Waals surface area contributed by atoms with Crippen molar-refractivity contribution in [2.24, 2.45) is 0 Å². The van der Waals surface area contributed by atoms with Crippen LogP contribution in [0.2, 0.25) is 5.02 Å². The van der Waals surface area contributed by atoms with E-state index in [9.17, 15) is 9.59 Å². The van der Waals surface area contributed by atoms with E-state index in [4.69, 9.17) is 21.4 Å². The van der Waals surface area contributed by atoms with Crippen molar-refractivity contribution in [3.05, 3.63) is 34.9 Å². The van der Waals surface area contributed by atoms with Gasteiger partial charge in [0.1, 0.15) is 13.2 Å². The number of carboxylic acids is 1. The van der Waals surface area contributed by atoms with Gasteiger partial charge >= 0.3 is 12.1 Å². The number of halogens is 1. The Bertz CT molecular complexity index is 422. The highest BCUT2D eigenvalue weighted by atomic mass is 35.5. The minimum atomic E-state index is -1.10. The maximum Gasteiger partial charge on any atom is 0.410 e. The summed E-state index contributed by atoms with van der Waals surface area (Å²) >= 11 is 5.87. The zero-order valence-electron chi connectivity index (χ0n) is 9.22. The molecule has 0 aliphatic carbocycles. The van der Waals surface area contributed by atoms with Crippen LogP contribution >= 0.6 is 11.6 Å². The smallest absolute Gasteiger partial charge is 0.410 e. The normalized spacial score (nSPS) is 9.76. The van der Waals surface area contributed by atoms with Gasteiger partial charge in [0.15, 0.2) is 0 Å². The number of benzene rings is 1. The van der Waals surface area contributed by atoms with Crippen molar-refractivity contribution in [2.75, 3.05) is 13.6 Å². The minimum Gasteiger partial charge on any atom is -0.480 e. The number of aliphatic carboxylic acids is 1. The van der Waals surface area contributed by atoms with Gasteiger partial charge in [-0.15, -0.1) is 0 Å². The Morgan fingerprint density at radius 1 is 1.41 bits per heavy atom. The first-order chi connectivity index (χ1) is 8.00. The molecule has 0 saturated heterocycles. The maximum absolute atomic E-state index is 11.4. The van der Waals surface area contributed by atoms with Crippen LogP contribution in [0.3, 0.4) is 0 Å². The molecule has 0 fully saturated rings. The predicted octanol–water partition coefficient (Wildman–Crippen LogP) is 1.99. The molecule has 1 aromatic rings. The third-order valence-corrected chi connectivity index (χ3v) is 2.36. The number of hydrogen-bond acceptors (Lipinski definition) is 3. The number of amides is 1. The largest absolute Gasteiger partial charge is 0.480 e. The van der Waals surface area contributed by atoms with Crippen molar-refractivity contribution >= 4 is 23.7 Å². The second-order valence-corrected chi connectivity index (χ2v) is 3.80. The summed E-state index contributed by atoms with van der Waals surface area (Å²) in [6.45, 7) is -0.385. The summed E-state index contributed by atoms with van der Waals surface area (Å²) in [7, 11) is 1.35. The number of carboxylic acid groups (broad SMARTS) is 1. The molecular formula is C11H12ClNO4. The summed E-state index contributed by atoms with van der Waals surface area (Å²) in [4.78, 5) is 22.7. The van der Waals surface area contributed by atoms with E-state index in [2.05, 4.69) is 0 Å². The van der Waals surface area contributed by atoms with E-state index in [1.807, 2.05) is 0 Å². The number of likely N-dealkylation sites (N-methyl/N-ethyl adjacent to an activating group) is 1. The third-order valence-electron chi connectivity index (χ3n) is 1.99. The van der Waals surface area contributed by atoms with Crippen LogP contribution in [0.25, 0.3) is 0 Å². The predicted molar refractivity (Wildman–Crippen MR) is 61.9 cm³/mol. The van der Waals surface area contributed by atoms with Gasteiger partial charge in [0, 0.05) is 17.6 Å². The molecule has 0 heterocycles. The van der Waals surface area contributed by atoms with Crippen LogP contribution in [0, 0.1) is 0 Å². The van der Waals surface area contributed by atoms with E-state index in [0.717, 1.165) is 4.90 Å². The van der Waals surface area contributed by atoms with Crippen molar-refractivity contribution in [3.8, 4) is 0 Å². The van der Waals surface area contributed by atoms with Crippen molar-refractivity contribution in [1.29, 1.82) is 0 Å². The van der Waals surface area contributed by atoms with Crippen LogP contribution in [-0.4, -0.2) is 35.7 Å². The second kappa shape index (κ2) is 6.10. The summed E-state index contributed by atoms with van der Waals surface area (Å²) in [6.07, 6.45) is -0.702. The molecule has 6 heteroatoms. The molecule has 1 aromatic carbocycles. The first-order valence-electron chi connectivity index (χ1n) is 4.84. The first kappa shape index (κ1) is 13.3. The summed E-state index contributed by atoms with van der Waals surface area (Å²) < 4.78 is 4.91. The molecule has 1 amide bonds. The van der Waals surface area contributed by atoms with Gasteiger partial charge in [-0.2, -0.15) is 0 Å². The molecule has 17 heavy (non-hydrogen) atoms. The number of nitrogens with zero attached hydrogens (tertiary/aromatic N) is 1. The summed E-state index contributed by atoms with van der Waals surface area (Å²) in [6, 6.07) is 6.96. The molecule has 0 unspecified atom stereocenters. The quantitative estimate of drug-likeness (QED) is 0.896. The molecule has 0 radical (unpaired) electrons. The monoisotopic (exact) mass is 257 g/mol. The fourth-order valence-electron chi connectivity index (χ4n) is 1.13.